The smallest absolute Gasteiger partial charge is 0.410 e. The number of amides is 3. The van der Waals surface area contributed by atoms with Crippen LogP contribution < -0.4 is 10.1 Å². The summed E-state index contributed by atoms with van der Waals surface area (Å²) in [6.45, 7) is 9.27. The highest BCUT2D eigenvalue weighted by Gasteiger charge is 2.41. The summed E-state index contributed by atoms with van der Waals surface area (Å²) in [5, 5.41) is 7.94. The first kappa shape index (κ1) is 37.1. The van der Waals surface area contributed by atoms with E-state index in [9.17, 15) is 19.2 Å². The number of likely N-dealkylation sites (N-methyl/N-ethyl adjacent to an activating group) is 1. The van der Waals surface area contributed by atoms with E-state index in [1.54, 1.807) is 34.7 Å². The summed E-state index contributed by atoms with van der Waals surface area (Å²) in [5.74, 6) is -0.199. The normalized spacial score (nSPS) is 18.0. The van der Waals surface area contributed by atoms with Gasteiger partial charge in [-0.2, -0.15) is 0 Å². The first-order chi connectivity index (χ1) is 23.8. The fraction of sp³-hybridized carbons (Fsp3) is 0.553. The third kappa shape index (κ3) is 8.93. The van der Waals surface area contributed by atoms with Gasteiger partial charge in [-0.15, -0.1) is 11.3 Å². The molecule has 1 aliphatic carbocycles. The van der Waals surface area contributed by atoms with Crippen molar-refractivity contribution in [2.75, 3.05) is 26.8 Å². The predicted octanol–water partition coefficient (Wildman–Crippen LogP) is 6.89. The standard InChI is InChI=1S/C38H50N4O7S/c1-24(41(6)37(46)49-38(3,4)5)34(44)40-33(27-14-8-7-9-15-27)36(45)42-20-12-17-30(42)35-39-29(23-50-35)32-28-16-11-10-13-26(28)18-19-31(32)48-22-21-47-25(2)43/h10-11,13,16,18-19,23-24,27,30,33H,7-9,12,14-15,17,20-22H2,1-6H3,(H,40,44)/t24-,30?,33-/m0/s1. The molecule has 1 aromatic heterocycles. The van der Waals surface area contributed by atoms with Gasteiger partial charge in [-0.3, -0.25) is 19.3 Å². The Kier molecular flexibility index (Phi) is 12.0. The Morgan fingerprint density at radius 1 is 1.02 bits per heavy atom. The fourth-order valence-electron chi connectivity index (χ4n) is 6.78. The molecule has 3 aromatic rings. The monoisotopic (exact) mass is 706 g/mol. The molecule has 50 heavy (non-hydrogen) atoms. The molecule has 11 nitrogen and oxygen atoms in total. The van der Waals surface area contributed by atoms with E-state index < -0.39 is 23.8 Å². The molecule has 1 unspecified atom stereocenters. The van der Waals surface area contributed by atoms with E-state index in [0.717, 1.165) is 72.0 Å². The molecular formula is C38H50N4O7S. The van der Waals surface area contributed by atoms with Crippen molar-refractivity contribution in [3.63, 3.8) is 0 Å². The number of nitrogens with one attached hydrogen (secondary N) is 1. The van der Waals surface area contributed by atoms with Crippen LogP contribution in [-0.4, -0.2) is 83.2 Å². The van der Waals surface area contributed by atoms with E-state index in [4.69, 9.17) is 19.2 Å². The van der Waals surface area contributed by atoms with E-state index in [1.807, 2.05) is 46.7 Å². The van der Waals surface area contributed by atoms with Crippen LogP contribution >= 0.6 is 11.3 Å². The lowest BCUT2D eigenvalue weighted by atomic mass is 9.83. The average molecular weight is 707 g/mol. The molecule has 0 radical (unpaired) electrons. The summed E-state index contributed by atoms with van der Waals surface area (Å²) in [6, 6.07) is 10.2. The van der Waals surface area contributed by atoms with Gasteiger partial charge in [0.2, 0.25) is 11.8 Å². The summed E-state index contributed by atoms with van der Waals surface area (Å²) >= 11 is 1.51. The van der Waals surface area contributed by atoms with E-state index in [0.29, 0.717) is 12.3 Å². The lowest BCUT2D eigenvalue weighted by molar-refractivity contribution is -0.141. The van der Waals surface area contributed by atoms with Crippen LogP contribution in [-0.2, 0) is 23.9 Å². The number of fused-ring (bicyclic) bond motifs is 1. The van der Waals surface area contributed by atoms with Gasteiger partial charge in [-0.05, 0) is 76.1 Å². The number of carbonyl (C=O) groups excluding carboxylic acids is 4. The van der Waals surface area contributed by atoms with Crippen LogP contribution in [0.25, 0.3) is 22.0 Å². The van der Waals surface area contributed by atoms with Crippen LogP contribution in [0.15, 0.2) is 41.8 Å². The maximum Gasteiger partial charge on any atom is 0.410 e. The first-order valence-corrected chi connectivity index (χ1v) is 18.5. The van der Waals surface area contributed by atoms with Crippen LogP contribution in [0.5, 0.6) is 5.75 Å². The van der Waals surface area contributed by atoms with E-state index in [2.05, 4.69) is 5.32 Å². The Balaban J connectivity index is 1.38. The molecule has 270 valence electrons. The summed E-state index contributed by atoms with van der Waals surface area (Å²) in [4.78, 5) is 60.4. The van der Waals surface area contributed by atoms with Crippen LogP contribution in [0.3, 0.4) is 0 Å². The van der Waals surface area contributed by atoms with E-state index >= 15 is 0 Å². The Morgan fingerprint density at radius 3 is 2.48 bits per heavy atom. The molecule has 1 aliphatic heterocycles. The number of rotatable bonds is 11. The number of likely N-dealkylation sites (tertiary alicyclic amines) is 1. The SMILES string of the molecule is CC(=O)OCCOc1ccc2ccccc2c1-c1csc(C2CCCN2C(=O)[C@@H](NC(=O)[C@H](C)N(C)C(=O)OC(C)(C)C)C2CCCCC2)n1. The van der Waals surface area contributed by atoms with Crippen LogP contribution in [0.4, 0.5) is 4.79 Å². The number of aromatic nitrogens is 1. The van der Waals surface area contributed by atoms with Crippen molar-refractivity contribution < 1.29 is 33.4 Å². The third-order valence-corrected chi connectivity index (χ3v) is 10.4. The van der Waals surface area contributed by atoms with E-state index in [-0.39, 0.29) is 43.0 Å². The minimum absolute atomic E-state index is 0.00899. The maximum atomic E-state index is 14.5. The molecule has 2 aromatic carbocycles. The van der Waals surface area contributed by atoms with Crippen molar-refractivity contribution in [3.8, 4) is 17.0 Å². The van der Waals surface area contributed by atoms with Gasteiger partial charge < -0.3 is 24.4 Å². The molecular weight excluding hydrogens is 657 g/mol. The van der Waals surface area contributed by atoms with Crippen LogP contribution in [0, 0.1) is 5.92 Å². The Bertz CT molecular complexity index is 1680. The largest absolute Gasteiger partial charge is 0.489 e. The van der Waals surface area contributed by atoms with Gasteiger partial charge in [0.25, 0.3) is 0 Å². The van der Waals surface area contributed by atoms with Crippen molar-refractivity contribution in [1.82, 2.24) is 20.1 Å². The predicted molar refractivity (Wildman–Crippen MR) is 193 cm³/mol. The van der Waals surface area contributed by atoms with Gasteiger partial charge in [0.15, 0.2) is 0 Å². The van der Waals surface area contributed by atoms with Gasteiger partial charge in [-0.25, -0.2) is 9.78 Å². The number of nitrogens with zero attached hydrogens (tertiary/aromatic N) is 3. The molecule has 12 heteroatoms. The minimum Gasteiger partial charge on any atom is -0.489 e. The molecule has 0 bridgehead atoms. The third-order valence-electron chi connectivity index (χ3n) is 9.46. The maximum absolute atomic E-state index is 14.5. The second-order valence-corrected chi connectivity index (χ2v) is 15.2. The van der Waals surface area contributed by atoms with Gasteiger partial charge in [0, 0.05) is 25.9 Å². The Labute approximate surface area is 298 Å². The topological polar surface area (TPSA) is 127 Å². The lowest BCUT2D eigenvalue weighted by Crippen LogP contribution is -2.56. The summed E-state index contributed by atoms with van der Waals surface area (Å²) in [5.41, 5.74) is 0.898. The van der Waals surface area contributed by atoms with Crippen molar-refractivity contribution in [1.29, 1.82) is 0 Å². The van der Waals surface area contributed by atoms with E-state index in [1.165, 1.54) is 23.2 Å². The number of benzene rings is 2. The molecule has 2 aliphatic rings. The number of hydrogen-bond donors (Lipinski definition) is 1. The summed E-state index contributed by atoms with van der Waals surface area (Å²) < 4.78 is 16.7. The van der Waals surface area contributed by atoms with Crippen molar-refractivity contribution in [2.45, 2.75) is 103 Å². The highest BCUT2D eigenvalue weighted by Crippen LogP contribution is 2.41. The zero-order valence-electron chi connectivity index (χ0n) is 30.0. The average Bonchev–Trinajstić information content (AvgIpc) is 3.78. The summed E-state index contributed by atoms with van der Waals surface area (Å²) in [7, 11) is 1.54. The van der Waals surface area contributed by atoms with Gasteiger partial charge in [0.05, 0.1) is 17.3 Å². The Morgan fingerprint density at radius 2 is 1.76 bits per heavy atom. The zero-order chi connectivity index (χ0) is 36.0. The second kappa shape index (κ2) is 16.2. The molecule has 3 atom stereocenters. The summed E-state index contributed by atoms with van der Waals surface area (Å²) in [6.07, 6.45) is 5.84. The second-order valence-electron chi connectivity index (χ2n) is 14.3. The molecule has 2 heterocycles. The van der Waals surface area contributed by atoms with Crippen molar-refractivity contribution in [3.05, 3.63) is 46.8 Å². The number of thiazole rings is 1. The number of hydrogen-bond acceptors (Lipinski definition) is 9. The van der Waals surface area contributed by atoms with Crippen LogP contribution in [0.1, 0.15) is 90.6 Å². The molecule has 1 saturated heterocycles. The van der Waals surface area contributed by atoms with Gasteiger partial charge in [-0.1, -0.05) is 49.6 Å². The van der Waals surface area contributed by atoms with Crippen molar-refractivity contribution in [2.24, 2.45) is 5.92 Å². The molecule has 1 saturated carbocycles. The lowest BCUT2D eigenvalue weighted by Gasteiger charge is -2.36. The van der Waals surface area contributed by atoms with Gasteiger partial charge in [0.1, 0.15) is 41.7 Å². The quantitative estimate of drug-likeness (QED) is 0.169. The Hall–Kier alpha value is -4.19. The number of carbonyl (C=O) groups is 4. The van der Waals surface area contributed by atoms with Crippen molar-refractivity contribution >= 4 is 46.0 Å². The highest BCUT2D eigenvalue weighted by molar-refractivity contribution is 7.10. The number of esters is 1. The highest BCUT2D eigenvalue weighted by atomic mass is 32.1. The number of ether oxygens (including phenoxy) is 3. The molecule has 2 fully saturated rings. The first-order valence-electron chi connectivity index (χ1n) is 17.6. The zero-order valence-corrected chi connectivity index (χ0v) is 30.8. The molecule has 0 spiro atoms. The van der Waals surface area contributed by atoms with Crippen LogP contribution in [0.2, 0.25) is 0 Å². The molecule has 5 rings (SSSR count). The minimum atomic E-state index is -0.828. The molecule has 3 amide bonds. The fourth-order valence-corrected chi connectivity index (χ4v) is 7.74. The van der Waals surface area contributed by atoms with Gasteiger partial charge >= 0.3 is 12.1 Å². The molecule has 1 N–H and O–H groups in total.